The molecule has 26 heavy (non-hydrogen) atoms. The van der Waals surface area contributed by atoms with Crippen molar-refractivity contribution in [1.29, 1.82) is 0 Å². The quantitative estimate of drug-likeness (QED) is 0.410. The fourth-order valence-electron chi connectivity index (χ4n) is 3.08. The Hall–Kier alpha value is -1.81. The Morgan fingerprint density at radius 3 is 2.15 bits per heavy atom. The number of alkyl halides is 8. The number of unbranched alkanes of at least 4 members (excludes halogenated alkanes) is 2. The summed E-state index contributed by atoms with van der Waals surface area (Å²) in [6.07, 6.45) is 1.02. The Morgan fingerprint density at radius 2 is 1.65 bits per heavy atom. The second kappa shape index (κ2) is 6.12. The second-order valence-electron chi connectivity index (χ2n) is 6.11. The van der Waals surface area contributed by atoms with Crippen molar-refractivity contribution in [1.82, 2.24) is 4.90 Å². The molecule has 0 aromatic heterocycles. The van der Waals surface area contributed by atoms with Gasteiger partial charge in [0.05, 0.1) is 5.97 Å². The third kappa shape index (κ3) is 2.58. The number of carbonyl (C=O) groups excluding carboxylic acids is 1. The van der Waals surface area contributed by atoms with E-state index < -0.39 is 58.4 Å². The predicted octanol–water partition coefficient (Wildman–Crippen LogP) is 3.18. The van der Waals surface area contributed by atoms with Crippen LogP contribution in [0.15, 0.2) is 23.4 Å². The molecular formula is C15H14F8NO2-. The van der Waals surface area contributed by atoms with Crippen LogP contribution in [0.4, 0.5) is 35.1 Å². The Labute approximate surface area is 142 Å². The van der Waals surface area contributed by atoms with E-state index in [9.17, 15) is 45.0 Å². The highest BCUT2D eigenvalue weighted by Gasteiger charge is 2.84. The first-order chi connectivity index (χ1) is 11.7. The number of hydrogen-bond donors (Lipinski definition) is 0. The number of allylic oxidation sites excluding steroid dienone is 3. The van der Waals surface area contributed by atoms with Crippen LogP contribution in [-0.4, -0.2) is 41.2 Å². The number of piperidine rings is 1. The normalized spacial score (nSPS) is 28.0. The number of likely N-dealkylation sites (tertiary alicyclic amines) is 1. The standard InChI is InChI=1S/C15H15F8NO2/c1-2-3-4-7-24-9-6-5-8(11(25)26)12(16,17)10(9)13(18,19)14(20,21)15(24,22)23/h5-6,10H,2-4,7H2,1H3,(H,25,26)/p-1. The van der Waals surface area contributed by atoms with Gasteiger partial charge in [0, 0.05) is 17.8 Å². The molecule has 0 saturated carbocycles. The van der Waals surface area contributed by atoms with Crippen LogP contribution in [0.1, 0.15) is 26.2 Å². The van der Waals surface area contributed by atoms with Gasteiger partial charge >= 0.3 is 17.9 Å². The second-order valence-corrected chi connectivity index (χ2v) is 6.11. The molecule has 0 spiro atoms. The molecule has 1 fully saturated rings. The number of fused-ring (bicyclic) bond motifs is 1. The lowest BCUT2D eigenvalue weighted by atomic mass is 9.75. The van der Waals surface area contributed by atoms with E-state index in [1.807, 2.05) is 0 Å². The smallest absolute Gasteiger partial charge is 0.394 e. The summed E-state index contributed by atoms with van der Waals surface area (Å²) < 4.78 is 113. The molecule has 2 rings (SSSR count). The zero-order valence-electron chi connectivity index (χ0n) is 13.3. The molecule has 1 saturated heterocycles. The summed E-state index contributed by atoms with van der Waals surface area (Å²) in [5, 5.41) is 10.8. The summed E-state index contributed by atoms with van der Waals surface area (Å²) >= 11 is 0. The maximum absolute atomic E-state index is 14.3. The summed E-state index contributed by atoms with van der Waals surface area (Å²) in [7, 11) is 0. The molecule has 1 aliphatic heterocycles. The average Bonchev–Trinajstić information content (AvgIpc) is 2.48. The van der Waals surface area contributed by atoms with Crippen LogP contribution in [-0.2, 0) is 4.79 Å². The first-order valence-corrected chi connectivity index (χ1v) is 7.67. The van der Waals surface area contributed by atoms with Gasteiger partial charge in [-0.25, -0.2) is 8.78 Å². The van der Waals surface area contributed by atoms with Crippen molar-refractivity contribution in [2.75, 3.05) is 6.54 Å². The van der Waals surface area contributed by atoms with Crippen molar-refractivity contribution in [2.24, 2.45) is 5.92 Å². The molecule has 0 radical (unpaired) electrons. The maximum Gasteiger partial charge on any atom is 0.394 e. The summed E-state index contributed by atoms with van der Waals surface area (Å²) in [4.78, 5) is 10.3. The summed E-state index contributed by atoms with van der Waals surface area (Å²) in [5.74, 6) is -23.4. The van der Waals surface area contributed by atoms with Gasteiger partial charge < -0.3 is 14.8 Å². The molecule has 0 aromatic rings. The lowest BCUT2D eigenvalue weighted by Gasteiger charge is -2.53. The molecule has 0 aromatic carbocycles. The highest BCUT2D eigenvalue weighted by molar-refractivity contribution is 5.88. The average molecular weight is 392 g/mol. The number of carbonyl (C=O) groups is 1. The van der Waals surface area contributed by atoms with Crippen molar-refractivity contribution >= 4 is 5.97 Å². The summed E-state index contributed by atoms with van der Waals surface area (Å²) in [6, 6.07) is -5.44. The third-order valence-electron chi connectivity index (χ3n) is 4.45. The van der Waals surface area contributed by atoms with E-state index in [2.05, 4.69) is 0 Å². The zero-order chi connectivity index (χ0) is 20.1. The summed E-state index contributed by atoms with van der Waals surface area (Å²) in [5.41, 5.74) is -3.41. The molecule has 11 heteroatoms. The highest BCUT2D eigenvalue weighted by Crippen LogP contribution is 2.63. The van der Waals surface area contributed by atoms with E-state index in [4.69, 9.17) is 0 Å². The number of rotatable bonds is 5. The molecule has 1 aliphatic carbocycles. The largest absolute Gasteiger partial charge is 0.545 e. The third-order valence-corrected chi connectivity index (χ3v) is 4.45. The predicted molar refractivity (Wildman–Crippen MR) is 70.7 cm³/mol. The lowest BCUT2D eigenvalue weighted by molar-refractivity contribution is -0.394. The fraction of sp³-hybridized carbons (Fsp3) is 0.667. The highest BCUT2D eigenvalue weighted by atomic mass is 19.3. The van der Waals surface area contributed by atoms with Crippen molar-refractivity contribution in [3.8, 4) is 0 Å². The Kier molecular flexibility index (Phi) is 4.83. The molecule has 148 valence electrons. The zero-order valence-corrected chi connectivity index (χ0v) is 13.3. The molecule has 2 aliphatic rings. The van der Waals surface area contributed by atoms with Gasteiger partial charge in [0.2, 0.25) is 0 Å². The number of hydrogen-bond acceptors (Lipinski definition) is 3. The molecule has 1 unspecified atom stereocenters. The van der Waals surface area contributed by atoms with E-state index in [0.717, 1.165) is 0 Å². The van der Waals surface area contributed by atoms with E-state index in [1.54, 1.807) is 6.92 Å². The van der Waals surface area contributed by atoms with Gasteiger partial charge in [0.15, 0.2) is 0 Å². The van der Waals surface area contributed by atoms with Gasteiger partial charge in [-0.2, -0.15) is 26.3 Å². The molecule has 1 atom stereocenters. The van der Waals surface area contributed by atoms with Crippen molar-refractivity contribution in [3.05, 3.63) is 23.4 Å². The minimum absolute atomic E-state index is 0.129. The van der Waals surface area contributed by atoms with Crippen LogP contribution < -0.4 is 5.11 Å². The topological polar surface area (TPSA) is 43.4 Å². The summed E-state index contributed by atoms with van der Waals surface area (Å²) in [6.45, 7) is 0.780. The van der Waals surface area contributed by atoms with Gasteiger partial charge in [0.25, 0.3) is 5.92 Å². The minimum atomic E-state index is -6.15. The van der Waals surface area contributed by atoms with Gasteiger partial charge in [-0.05, 0) is 18.6 Å². The van der Waals surface area contributed by atoms with Crippen LogP contribution >= 0.6 is 0 Å². The fourth-order valence-corrected chi connectivity index (χ4v) is 3.08. The van der Waals surface area contributed by atoms with Gasteiger partial charge in [0.1, 0.15) is 5.92 Å². The van der Waals surface area contributed by atoms with E-state index in [-0.39, 0.29) is 25.0 Å². The van der Waals surface area contributed by atoms with Crippen LogP contribution in [0.2, 0.25) is 0 Å². The molecule has 1 heterocycles. The number of aliphatic carboxylic acids is 1. The Morgan fingerprint density at radius 1 is 1.08 bits per heavy atom. The molecule has 3 nitrogen and oxygen atoms in total. The Bertz CT molecular complexity index is 656. The molecular weight excluding hydrogens is 378 g/mol. The van der Waals surface area contributed by atoms with Gasteiger partial charge in [-0.3, -0.25) is 0 Å². The number of nitrogens with zero attached hydrogens (tertiary/aromatic N) is 1. The van der Waals surface area contributed by atoms with Gasteiger partial charge in [-0.1, -0.05) is 19.8 Å². The van der Waals surface area contributed by atoms with Crippen LogP contribution in [0.3, 0.4) is 0 Å². The number of halogens is 8. The first kappa shape index (κ1) is 20.5. The van der Waals surface area contributed by atoms with Crippen LogP contribution in [0.5, 0.6) is 0 Å². The first-order valence-electron chi connectivity index (χ1n) is 7.67. The number of carboxylic acids is 1. The SMILES string of the molecule is CCCCCN1C2=CC=C(C(=O)[O-])C(F)(F)C2C(F)(F)C(F)(F)C1(F)F. The van der Waals surface area contributed by atoms with E-state index in [0.29, 0.717) is 6.42 Å². The lowest BCUT2D eigenvalue weighted by Crippen LogP contribution is -2.73. The molecule has 0 bridgehead atoms. The van der Waals surface area contributed by atoms with Crippen molar-refractivity contribution in [3.63, 3.8) is 0 Å². The number of carboxylic acid groups (broad SMARTS) is 1. The van der Waals surface area contributed by atoms with Crippen molar-refractivity contribution < 1.29 is 45.0 Å². The molecule has 0 N–H and O–H groups in total. The maximum atomic E-state index is 14.3. The monoisotopic (exact) mass is 392 g/mol. The van der Waals surface area contributed by atoms with E-state index >= 15 is 0 Å². The van der Waals surface area contributed by atoms with Gasteiger partial charge in [-0.15, -0.1) is 0 Å². The van der Waals surface area contributed by atoms with Crippen LogP contribution in [0.25, 0.3) is 0 Å². The van der Waals surface area contributed by atoms with E-state index in [1.165, 1.54) is 0 Å². The van der Waals surface area contributed by atoms with Crippen LogP contribution in [0, 0.1) is 5.92 Å². The minimum Gasteiger partial charge on any atom is -0.545 e. The Balaban J connectivity index is 2.67. The molecule has 0 amide bonds. The van der Waals surface area contributed by atoms with Crippen molar-refractivity contribution in [2.45, 2.75) is 50.0 Å².